The molecule has 0 spiro atoms. The van der Waals surface area contributed by atoms with Gasteiger partial charge in [-0.15, -0.1) is 0 Å². The van der Waals surface area contributed by atoms with Gasteiger partial charge in [0.25, 0.3) is 0 Å². The molecule has 0 bridgehead atoms. The Morgan fingerprint density at radius 1 is 1.48 bits per heavy atom. The fraction of sp³-hybridized carbons (Fsp3) is 0.643. The maximum atomic E-state index is 12.2. The maximum absolute atomic E-state index is 12.2. The van der Waals surface area contributed by atoms with Crippen LogP contribution in [0.1, 0.15) is 26.7 Å². The molecule has 1 rings (SSSR count). The van der Waals surface area contributed by atoms with Gasteiger partial charge in [-0.1, -0.05) is 28.7 Å². The van der Waals surface area contributed by atoms with Gasteiger partial charge in [0, 0.05) is 19.0 Å². The zero-order chi connectivity index (χ0) is 16.0. The molecule has 1 aliphatic rings. The predicted octanol–water partition coefficient (Wildman–Crippen LogP) is 0.850. The molecule has 0 radical (unpaired) electrons. The molecule has 1 unspecified atom stereocenters. The standard InChI is InChI=1S/C14H20INO5/c1-3-4-14(20)21-9(2)5-13(19)16-8-10(17)6-11(16)12(18)7-15/h3-4,9-11,17H,5-8H2,1-2H3/b4-3+/t9-,10-,11?/m1/s1. The van der Waals surface area contributed by atoms with E-state index in [4.69, 9.17) is 4.74 Å². The molecule has 1 N–H and O–H groups in total. The van der Waals surface area contributed by atoms with Crippen molar-refractivity contribution in [2.45, 2.75) is 44.9 Å². The summed E-state index contributed by atoms with van der Waals surface area (Å²) in [6.45, 7) is 3.48. The highest BCUT2D eigenvalue weighted by molar-refractivity contribution is 14.1. The fourth-order valence-electron chi connectivity index (χ4n) is 2.26. The fourth-order valence-corrected chi connectivity index (χ4v) is 2.77. The van der Waals surface area contributed by atoms with Gasteiger partial charge in [-0.2, -0.15) is 0 Å². The van der Waals surface area contributed by atoms with E-state index in [1.165, 1.54) is 11.0 Å². The van der Waals surface area contributed by atoms with Gasteiger partial charge in [-0.3, -0.25) is 9.59 Å². The Morgan fingerprint density at radius 2 is 2.14 bits per heavy atom. The van der Waals surface area contributed by atoms with E-state index in [1.807, 2.05) is 22.6 Å². The molecule has 1 fully saturated rings. The van der Waals surface area contributed by atoms with Crippen molar-refractivity contribution in [1.29, 1.82) is 0 Å². The first-order valence-electron chi connectivity index (χ1n) is 6.78. The second kappa shape index (κ2) is 8.47. The summed E-state index contributed by atoms with van der Waals surface area (Å²) in [7, 11) is 0. The number of carbonyl (C=O) groups is 3. The van der Waals surface area contributed by atoms with Gasteiger partial charge in [0.1, 0.15) is 6.10 Å². The van der Waals surface area contributed by atoms with E-state index < -0.39 is 24.2 Å². The van der Waals surface area contributed by atoms with Gasteiger partial charge in [0.05, 0.1) is 23.0 Å². The molecule has 1 saturated heterocycles. The number of amides is 1. The Hall–Kier alpha value is -0.960. The van der Waals surface area contributed by atoms with Crippen LogP contribution in [-0.4, -0.2) is 56.9 Å². The van der Waals surface area contributed by atoms with E-state index in [9.17, 15) is 19.5 Å². The van der Waals surface area contributed by atoms with E-state index in [0.29, 0.717) is 4.43 Å². The second-order valence-corrected chi connectivity index (χ2v) is 5.77. The molecule has 6 nitrogen and oxygen atoms in total. The number of aliphatic hydroxyl groups excluding tert-OH is 1. The first kappa shape index (κ1) is 18.1. The second-order valence-electron chi connectivity index (χ2n) is 5.00. The van der Waals surface area contributed by atoms with Crippen molar-refractivity contribution in [2.24, 2.45) is 0 Å². The molecule has 118 valence electrons. The van der Waals surface area contributed by atoms with Crippen LogP contribution >= 0.6 is 22.6 Å². The lowest BCUT2D eigenvalue weighted by atomic mass is 10.1. The third-order valence-corrected chi connectivity index (χ3v) is 3.94. The Kier molecular flexibility index (Phi) is 7.30. The molecule has 0 aliphatic carbocycles. The lowest BCUT2D eigenvalue weighted by Gasteiger charge is -2.24. The minimum atomic E-state index is -0.674. The van der Waals surface area contributed by atoms with E-state index in [0.717, 1.165) is 0 Å². The third kappa shape index (κ3) is 5.39. The topological polar surface area (TPSA) is 83.9 Å². The van der Waals surface area contributed by atoms with Gasteiger partial charge >= 0.3 is 5.97 Å². The number of aliphatic hydroxyl groups is 1. The van der Waals surface area contributed by atoms with Gasteiger partial charge in [-0.25, -0.2) is 4.79 Å². The smallest absolute Gasteiger partial charge is 0.330 e. The number of ether oxygens (including phenoxy) is 1. The molecule has 7 heteroatoms. The number of Topliss-reactive ketones (excluding diaryl/α,β-unsaturated/α-hetero) is 1. The number of halogens is 1. The first-order valence-corrected chi connectivity index (χ1v) is 8.31. The van der Waals surface area contributed by atoms with Crippen LogP contribution in [-0.2, 0) is 19.1 Å². The van der Waals surface area contributed by atoms with Crippen molar-refractivity contribution < 1.29 is 24.2 Å². The monoisotopic (exact) mass is 409 g/mol. The minimum Gasteiger partial charge on any atom is -0.459 e. The number of hydrogen-bond acceptors (Lipinski definition) is 5. The SMILES string of the molecule is C/C=C/C(=O)O[C@H](C)CC(=O)N1C[C@H](O)CC1C(=O)CI. The number of alkyl halides is 1. The molecule has 0 aromatic rings. The number of ketones is 1. The highest BCUT2D eigenvalue weighted by Crippen LogP contribution is 2.21. The van der Waals surface area contributed by atoms with E-state index in [1.54, 1.807) is 19.9 Å². The number of carbonyl (C=O) groups excluding carboxylic acids is 3. The Morgan fingerprint density at radius 3 is 2.71 bits per heavy atom. The summed E-state index contributed by atoms with van der Waals surface area (Å²) >= 11 is 1.95. The summed E-state index contributed by atoms with van der Waals surface area (Å²) in [6, 6.07) is -0.567. The quantitative estimate of drug-likeness (QED) is 0.305. The molecule has 0 aromatic carbocycles. The van der Waals surface area contributed by atoms with Crippen LogP contribution in [0.5, 0.6) is 0 Å². The molecule has 0 aromatic heterocycles. The largest absolute Gasteiger partial charge is 0.459 e. The molecule has 1 amide bonds. The van der Waals surface area contributed by atoms with Crippen molar-refractivity contribution in [3.8, 4) is 0 Å². The highest BCUT2D eigenvalue weighted by Gasteiger charge is 2.38. The Bertz CT molecular complexity index is 437. The lowest BCUT2D eigenvalue weighted by Crippen LogP contribution is -2.42. The number of esters is 1. The van der Waals surface area contributed by atoms with Gasteiger partial charge in [0.15, 0.2) is 5.78 Å². The van der Waals surface area contributed by atoms with E-state index >= 15 is 0 Å². The number of allylic oxidation sites excluding steroid dienone is 1. The number of rotatable bonds is 6. The van der Waals surface area contributed by atoms with E-state index in [-0.39, 0.29) is 31.1 Å². The molecular weight excluding hydrogens is 389 g/mol. The molecule has 21 heavy (non-hydrogen) atoms. The number of β-amino-alcohol motifs (C(OH)–C–C–N with tert-alkyl or cyclic N) is 1. The highest BCUT2D eigenvalue weighted by atomic mass is 127. The summed E-state index contributed by atoms with van der Waals surface area (Å²) in [5.41, 5.74) is 0. The normalized spacial score (nSPS) is 23.3. The summed E-state index contributed by atoms with van der Waals surface area (Å²) in [5, 5.41) is 9.67. The van der Waals surface area contributed by atoms with Crippen LogP contribution in [0.3, 0.4) is 0 Å². The van der Waals surface area contributed by atoms with Crippen LogP contribution in [0.25, 0.3) is 0 Å². The molecule has 3 atom stereocenters. The van der Waals surface area contributed by atoms with Crippen molar-refractivity contribution in [3.63, 3.8) is 0 Å². The average molecular weight is 409 g/mol. The number of likely N-dealkylation sites (tertiary alicyclic amines) is 1. The molecule has 1 aliphatic heterocycles. The Balaban J connectivity index is 2.61. The lowest BCUT2D eigenvalue weighted by molar-refractivity contribution is -0.146. The average Bonchev–Trinajstić information content (AvgIpc) is 2.80. The summed E-state index contributed by atoms with van der Waals surface area (Å²) < 4.78 is 5.34. The predicted molar refractivity (Wildman–Crippen MR) is 85.0 cm³/mol. The first-order chi connectivity index (χ1) is 9.88. The minimum absolute atomic E-state index is 0.00103. The van der Waals surface area contributed by atoms with Crippen molar-refractivity contribution in [3.05, 3.63) is 12.2 Å². The maximum Gasteiger partial charge on any atom is 0.330 e. The van der Waals surface area contributed by atoms with Crippen molar-refractivity contribution >= 4 is 40.3 Å². The van der Waals surface area contributed by atoms with Crippen molar-refractivity contribution in [1.82, 2.24) is 4.90 Å². The van der Waals surface area contributed by atoms with Gasteiger partial charge < -0.3 is 14.7 Å². The molecular formula is C14H20INO5. The summed E-state index contributed by atoms with van der Waals surface area (Å²) in [5.74, 6) is -0.853. The third-order valence-electron chi connectivity index (χ3n) is 3.18. The summed E-state index contributed by atoms with van der Waals surface area (Å²) in [4.78, 5) is 36.7. The zero-order valence-electron chi connectivity index (χ0n) is 12.1. The van der Waals surface area contributed by atoms with E-state index in [2.05, 4.69) is 0 Å². The van der Waals surface area contributed by atoms with Crippen LogP contribution < -0.4 is 0 Å². The molecule has 1 heterocycles. The Labute approximate surface area is 137 Å². The number of nitrogens with zero attached hydrogens (tertiary/aromatic N) is 1. The number of hydrogen-bond donors (Lipinski definition) is 1. The van der Waals surface area contributed by atoms with Gasteiger partial charge in [0.2, 0.25) is 5.91 Å². The van der Waals surface area contributed by atoms with Crippen LogP contribution in [0.4, 0.5) is 0 Å². The van der Waals surface area contributed by atoms with Gasteiger partial charge in [-0.05, 0) is 13.8 Å². The summed E-state index contributed by atoms with van der Waals surface area (Å²) in [6.07, 6.45) is 1.87. The molecule has 0 saturated carbocycles. The van der Waals surface area contributed by atoms with Crippen LogP contribution in [0.15, 0.2) is 12.2 Å². The van der Waals surface area contributed by atoms with Crippen LogP contribution in [0.2, 0.25) is 0 Å². The van der Waals surface area contributed by atoms with Crippen molar-refractivity contribution in [2.75, 3.05) is 11.0 Å². The zero-order valence-corrected chi connectivity index (χ0v) is 14.3. The van der Waals surface area contributed by atoms with Crippen LogP contribution in [0, 0.1) is 0 Å².